The normalized spacial score (nSPS) is 11.6. The molecule has 0 spiro atoms. The smallest absolute Gasteiger partial charge is 0.271 e. The van der Waals surface area contributed by atoms with Crippen LogP contribution in [0.1, 0.15) is 16.0 Å². The van der Waals surface area contributed by atoms with Crippen molar-refractivity contribution in [2.45, 2.75) is 24.7 Å². The average Bonchev–Trinajstić information content (AvgIpc) is 2.76. The van der Waals surface area contributed by atoms with Crippen LogP contribution in [0.4, 0.5) is 10.1 Å². The third kappa shape index (κ3) is 3.00. The van der Waals surface area contributed by atoms with E-state index in [1.54, 1.807) is 13.8 Å². The fourth-order valence-electron chi connectivity index (χ4n) is 1.69. The number of hydrogen-bond donors (Lipinski definition) is 2. The highest BCUT2D eigenvalue weighted by molar-refractivity contribution is 7.94. The summed E-state index contributed by atoms with van der Waals surface area (Å²) in [6.07, 6.45) is 0. The summed E-state index contributed by atoms with van der Waals surface area (Å²) in [5.74, 6) is -0.387. The second kappa shape index (κ2) is 5.51. The maximum absolute atomic E-state index is 13.2. The lowest BCUT2D eigenvalue weighted by Crippen LogP contribution is -2.11. The number of nitrogens with one attached hydrogen (secondary N) is 1. The van der Waals surface area contributed by atoms with Crippen molar-refractivity contribution in [3.63, 3.8) is 0 Å². The molecule has 1 aromatic carbocycles. The van der Waals surface area contributed by atoms with Gasteiger partial charge in [-0.05, 0) is 49.2 Å². The van der Waals surface area contributed by atoms with Gasteiger partial charge in [-0.25, -0.2) is 12.8 Å². The molecule has 1 heterocycles. The molecule has 0 saturated carbocycles. The molecule has 1 aromatic heterocycles. The lowest BCUT2D eigenvalue weighted by atomic mass is 10.2. The Morgan fingerprint density at radius 2 is 1.95 bits per heavy atom. The van der Waals surface area contributed by atoms with E-state index in [1.807, 2.05) is 0 Å². The number of rotatable bonds is 4. The van der Waals surface area contributed by atoms with Gasteiger partial charge in [-0.15, -0.1) is 11.3 Å². The minimum atomic E-state index is -3.72. The summed E-state index contributed by atoms with van der Waals surface area (Å²) in [4.78, 5) is 0.612. The van der Waals surface area contributed by atoms with Crippen molar-refractivity contribution in [1.82, 2.24) is 0 Å². The number of sulfonamides is 1. The number of aryl methyl sites for hydroxylation is 2. The van der Waals surface area contributed by atoms with E-state index < -0.39 is 10.0 Å². The van der Waals surface area contributed by atoms with Gasteiger partial charge in [0.2, 0.25) is 0 Å². The van der Waals surface area contributed by atoms with Crippen LogP contribution in [-0.2, 0) is 16.6 Å². The first-order valence-corrected chi connectivity index (χ1v) is 8.12. The van der Waals surface area contributed by atoms with Crippen LogP contribution >= 0.6 is 11.3 Å². The molecular formula is C13H14FNO3S2. The van der Waals surface area contributed by atoms with Gasteiger partial charge in [0.25, 0.3) is 10.0 Å². The predicted molar refractivity (Wildman–Crippen MR) is 76.9 cm³/mol. The van der Waals surface area contributed by atoms with E-state index in [1.165, 1.54) is 24.3 Å². The fourth-order valence-corrected chi connectivity index (χ4v) is 4.19. The maximum Gasteiger partial charge on any atom is 0.271 e. The molecule has 0 bridgehead atoms. The molecular weight excluding hydrogens is 301 g/mol. The molecule has 2 N–H and O–H groups in total. The molecule has 0 atom stereocenters. The van der Waals surface area contributed by atoms with Gasteiger partial charge in [0, 0.05) is 10.6 Å². The molecule has 0 radical (unpaired) electrons. The average molecular weight is 315 g/mol. The monoisotopic (exact) mass is 315 g/mol. The van der Waals surface area contributed by atoms with Gasteiger partial charge in [-0.2, -0.15) is 0 Å². The highest BCUT2D eigenvalue weighted by atomic mass is 32.2. The number of thiophene rings is 1. The van der Waals surface area contributed by atoms with E-state index in [0.717, 1.165) is 16.9 Å². The van der Waals surface area contributed by atoms with Crippen molar-refractivity contribution in [2.75, 3.05) is 4.72 Å². The van der Waals surface area contributed by atoms with Gasteiger partial charge < -0.3 is 5.11 Å². The van der Waals surface area contributed by atoms with Crippen LogP contribution in [0.2, 0.25) is 0 Å². The SMILES string of the molecule is Cc1cc(NS(=O)(=O)c2cc(C)c(CO)s2)ccc1F. The fraction of sp³-hybridized carbons (Fsp3) is 0.231. The van der Waals surface area contributed by atoms with Crippen LogP contribution in [0.3, 0.4) is 0 Å². The summed E-state index contributed by atoms with van der Waals surface area (Å²) >= 11 is 1.02. The summed E-state index contributed by atoms with van der Waals surface area (Å²) < 4.78 is 40.1. The number of aliphatic hydroxyl groups excluding tert-OH is 1. The minimum Gasteiger partial charge on any atom is -0.391 e. The van der Waals surface area contributed by atoms with E-state index in [0.29, 0.717) is 16.1 Å². The standard InChI is InChI=1S/C13H14FNO3S2/c1-8-5-10(3-4-11(8)14)15-20(17,18)13-6-9(2)12(7-16)19-13/h3-6,15-16H,7H2,1-2H3. The summed E-state index contributed by atoms with van der Waals surface area (Å²) in [6, 6.07) is 5.52. The van der Waals surface area contributed by atoms with E-state index in [2.05, 4.69) is 4.72 Å². The Morgan fingerprint density at radius 1 is 1.25 bits per heavy atom. The third-order valence-electron chi connectivity index (χ3n) is 2.82. The Bertz CT molecular complexity index is 738. The molecule has 0 aliphatic heterocycles. The van der Waals surface area contributed by atoms with Crippen LogP contribution in [-0.4, -0.2) is 13.5 Å². The molecule has 0 unspecified atom stereocenters. The highest BCUT2D eigenvalue weighted by Gasteiger charge is 2.19. The molecule has 0 amide bonds. The van der Waals surface area contributed by atoms with Crippen LogP contribution in [0, 0.1) is 19.7 Å². The Hall–Kier alpha value is -1.44. The highest BCUT2D eigenvalue weighted by Crippen LogP contribution is 2.28. The molecule has 0 fully saturated rings. The van der Waals surface area contributed by atoms with Gasteiger partial charge in [0.15, 0.2) is 0 Å². The second-order valence-corrected chi connectivity index (χ2v) is 7.45. The minimum absolute atomic E-state index is 0.126. The number of halogens is 1. The zero-order chi connectivity index (χ0) is 14.9. The molecule has 7 heteroatoms. The van der Waals surface area contributed by atoms with E-state index >= 15 is 0 Å². The molecule has 2 aromatic rings. The van der Waals surface area contributed by atoms with Gasteiger partial charge >= 0.3 is 0 Å². The molecule has 108 valence electrons. The number of hydrogen-bond acceptors (Lipinski definition) is 4. The summed E-state index contributed by atoms with van der Waals surface area (Å²) in [7, 11) is -3.72. The van der Waals surface area contributed by atoms with Gasteiger partial charge in [0.1, 0.15) is 10.0 Å². The van der Waals surface area contributed by atoms with Crippen molar-refractivity contribution < 1.29 is 17.9 Å². The largest absolute Gasteiger partial charge is 0.391 e. The molecule has 0 aliphatic rings. The van der Waals surface area contributed by atoms with E-state index in [-0.39, 0.29) is 16.6 Å². The number of anilines is 1. The zero-order valence-corrected chi connectivity index (χ0v) is 12.6. The quantitative estimate of drug-likeness (QED) is 0.912. The lowest BCUT2D eigenvalue weighted by Gasteiger charge is -2.07. The first-order chi connectivity index (χ1) is 9.33. The summed E-state index contributed by atoms with van der Waals surface area (Å²) in [6.45, 7) is 3.11. The number of benzene rings is 1. The van der Waals surface area contributed by atoms with E-state index in [9.17, 15) is 12.8 Å². The zero-order valence-electron chi connectivity index (χ0n) is 11.0. The molecule has 0 saturated heterocycles. The first-order valence-electron chi connectivity index (χ1n) is 5.82. The predicted octanol–water partition coefficient (Wildman–Crippen LogP) is 2.80. The van der Waals surface area contributed by atoms with Crippen molar-refractivity contribution in [2.24, 2.45) is 0 Å². The molecule has 20 heavy (non-hydrogen) atoms. The van der Waals surface area contributed by atoms with Crippen molar-refractivity contribution in [1.29, 1.82) is 0 Å². The third-order valence-corrected chi connectivity index (χ3v) is 5.89. The Morgan fingerprint density at radius 3 is 2.50 bits per heavy atom. The van der Waals surface area contributed by atoms with Crippen LogP contribution in [0.5, 0.6) is 0 Å². The lowest BCUT2D eigenvalue weighted by molar-refractivity contribution is 0.285. The van der Waals surface area contributed by atoms with E-state index in [4.69, 9.17) is 5.11 Å². The van der Waals surface area contributed by atoms with Crippen molar-refractivity contribution in [3.8, 4) is 0 Å². The molecule has 0 aliphatic carbocycles. The Kier molecular flexibility index (Phi) is 4.12. The summed E-state index contributed by atoms with van der Waals surface area (Å²) in [5, 5.41) is 9.11. The van der Waals surface area contributed by atoms with Gasteiger partial charge in [0.05, 0.1) is 6.61 Å². The van der Waals surface area contributed by atoms with Gasteiger partial charge in [-0.1, -0.05) is 0 Å². The topological polar surface area (TPSA) is 66.4 Å². The Labute approximate surface area is 120 Å². The second-order valence-electron chi connectivity index (χ2n) is 4.40. The van der Waals surface area contributed by atoms with Gasteiger partial charge in [-0.3, -0.25) is 4.72 Å². The van der Waals surface area contributed by atoms with Crippen molar-refractivity contribution >= 4 is 27.0 Å². The van der Waals surface area contributed by atoms with Crippen LogP contribution in [0.15, 0.2) is 28.5 Å². The van der Waals surface area contributed by atoms with Crippen LogP contribution < -0.4 is 4.72 Å². The molecule has 2 rings (SSSR count). The maximum atomic E-state index is 13.2. The first kappa shape index (κ1) is 15.0. The van der Waals surface area contributed by atoms with Crippen molar-refractivity contribution in [3.05, 3.63) is 46.1 Å². The number of aliphatic hydroxyl groups is 1. The van der Waals surface area contributed by atoms with Crippen LogP contribution in [0.25, 0.3) is 0 Å². The summed E-state index contributed by atoms with van der Waals surface area (Å²) in [5.41, 5.74) is 1.40. The molecule has 4 nitrogen and oxygen atoms in total. The Balaban J connectivity index is 2.32.